The van der Waals surface area contributed by atoms with Crippen molar-refractivity contribution < 1.29 is 31.1 Å². The molecule has 0 unspecified atom stereocenters. The average molecular weight is 508 g/mol. The Kier molecular flexibility index (Phi) is 5.61. The number of nitrogens with zero attached hydrogens (tertiary/aromatic N) is 3. The monoisotopic (exact) mass is 507 g/mol. The number of aromatic nitrogens is 2. The Labute approximate surface area is 199 Å². The summed E-state index contributed by atoms with van der Waals surface area (Å²) < 4.78 is 82.1. The molecule has 2 aromatic carbocycles. The molecule has 1 aromatic heterocycles. The predicted molar refractivity (Wildman–Crippen MR) is 120 cm³/mol. The van der Waals surface area contributed by atoms with E-state index in [2.05, 4.69) is 5.10 Å². The van der Waals surface area contributed by atoms with Crippen molar-refractivity contribution in [3.05, 3.63) is 82.9 Å². The van der Waals surface area contributed by atoms with Crippen LogP contribution in [0.4, 0.5) is 17.6 Å². The molecule has 1 aliphatic heterocycles. The molecule has 0 bridgehead atoms. The standard InChI is InChI=1S/C24H21F4N3O3S/c25-19-4-6-20(7-5-19)31-22-11-17-8-9-30(14-23(17,15-32)12-16(22)13-29-31)35(33,34)21-3-1-2-18(10-21)24(26,27)28/h1-7,10-11,13,32H,8-9,12,14-15H2/t23-/m1/s1. The van der Waals surface area contributed by atoms with E-state index in [1.807, 2.05) is 6.08 Å². The van der Waals surface area contributed by atoms with Crippen molar-refractivity contribution in [2.75, 3.05) is 19.7 Å². The fourth-order valence-electron chi connectivity index (χ4n) is 4.82. The minimum atomic E-state index is -4.67. The minimum absolute atomic E-state index is 0.0617. The second kappa shape index (κ2) is 8.28. The molecule has 1 saturated heterocycles. The number of benzene rings is 2. The van der Waals surface area contributed by atoms with Gasteiger partial charge in [0, 0.05) is 18.5 Å². The molecule has 184 valence electrons. The first-order valence-electron chi connectivity index (χ1n) is 10.9. The zero-order chi connectivity index (χ0) is 25.0. The van der Waals surface area contributed by atoms with Crippen LogP contribution in [0.3, 0.4) is 0 Å². The molecule has 5 rings (SSSR count). The Morgan fingerprint density at radius 1 is 1.11 bits per heavy atom. The van der Waals surface area contributed by atoms with Gasteiger partial charge in [0.25, 0.3) is 0 Å². The van der Waals surface area contributed by atoms with Crippen LogP contribution in [0.1, 0.15) is 23.2 Å². The summed E-state index contributed by atoms with van der Waals surface area (Å²) in [6, 6.07) is 9.53. The van der Waals surface area contributed by atoms with Crippen molar-refractivity contribution in [1.82, 2.24) is 14.1 Å². The third kappa shape index (κ3) is 4.07. The molecule has 2 aliphatic rings. The Balaban J connectivity index is 1.47. The number of piperidine rings is 1. The molecule has 3 aromatic rings. The molecule has 1 fully saturated rings. The number of rotatable bonds is 4. The van der Waals surface area contributed by atoms with E-state index in [-0.39, 0.29) is 25.5 Å². The normalized spacial score (nSPS) is 20.8. The van der Waals surface area contributed by atoms with Crippen molar-refractivity contribution in [1.29, 1.82) is 0 Å². The van der Waals surface area contributed by atoms with Crippen LogP contribution in [0.15, 0.2) is 65.2 Å². The van der Waals surface area contributed by atoms with Gasteiger partial charge in [-0.15, -0.1) is 0 Å². The zero-order valence-electron chi connectivity index (χ0n) is 18.3. The van der Waals surface area contributed by atoms with E-state index in [0.717, 1.165) is 39.3 Å². The molecule has 35 heavy (non-hydrogen) atoms. The second-order valence-corrected chi connectivity index (χ2v) is 10.8. The third-order valence-corrected chi connectivity index (χ3v) is 8.53. The van der Waals surface area contributed by atoms with Gasteiger partial charge in [0.2, 0.25) is 10.0 Å². The van der Waals surface area contributed by atoms with Gasteiger partial charge in [-0.1, -0.05) is 11.6 Å². The molecular weight excluding hydrogens is 486 g/mol. The first-order chi connectivity index (χ1) is 16.5. The lowest BCUT2D eigenvalue weighted by atomic mass is 9.69. The molecule has 11 heteroatoms. The number of hydrogen-bond donors (Lipinski definition) is 1. The van der Waals surface area contributed by atoms with Crippen molar-refractivity contribution in [2.24, 2.45) is 5.41 Å². The maximum absolute atomic E-state index is 13.3. The fourth-order valence-corrected chi connectivity index (χ4v) is 6.39. The van der Waals surface area contributed by atoms with E-state index in [9.17, 15) is 31.1 Å². The van der Waals surface area contributed by atoms with Gasteiger partial charge in [-0.3, -0.25) is 0 Å². The first-order valence-corrected chi connectivity index (χ1v) is 12.3. The second-order valence-electron chi connectivity index (χ2n) is 8.84. The van der Waals surface area contributed by atoms with Crippen LogP contribution in [-0.2, 0) is 22.6 Å². The highest BCUT2D eigenvalue weighted by molar-refractivity contribution is 7.89. The number of fused-ring (bicyclic) bond motifs is 2. The van der Waals surface area contributed by atoms with Crippen molar-refractivity contribution >= 4 is 16.1 Å². The molecule has 1 aliphatic carbocycles. The van der Waals surface area contributed by atoms with Gasteiger partial charge in [-0.05, 0) is 66.9 Å². The summed E-state index contributed by atoms with van der Waals surface area (Å²) in [5, 5.41) is 14.8. The van der Waals surface area contributed by atoms with E-state index >= 15 is 0 Å². The number of sulfonamides is 1. The molecule has 6 nitrogen and oxygen atoms in total. The van der Waals surface area contributed by atoms with Gasteiger partial charge in [0.05, 0.1) is 34.6 Å². The molecular formula is C24H21F4N3O3S. The SMILES string of the molecule is O=S(=O)(c1cccc(C(F)(F)F)c1)N1CCC2=Cc3c(cnn3-c3ccc(F)cc3)C[C@]2(CO)C1. The van der Waals surface area contributed by atoms with E-state index in [1.54, 1.807) is 23.0 Å². The maximum atomic E-state index is 13.3. The van der Waals surface area contributed by atoms with Gasteiger partial charge in [-0.2, -0.15) is 22.6 Å². The Bertz CT molecular complexity index is 1410. The summed E-state index contributed by atoms with van der Waals surface area (Å²) >= 11 is 0. The quantitative estimate of drug-likeness (QED) is 0.541. The molecule has 0 spiro atoms. The lowest BCUT2D eigenvalue weighted by Crippen LogP contribution is -2.51. The van der Waals surface area contributed by atoms with Crippen LogP contribution >= 0.6 is 0 Å². The van der Waals surface area contributed by atoms with Crippen molar-refractivity contribution in [2.45, 2.75) is 23.9 Å². The highest BCUT2D eigenvalue weighted by Crippen LogP contribution is 2.45. The summed E-state index contributed by atoms with van der Waals surface area (Å²) in [5.74, 6) is -0.373. The average Bonchev–Trinajstić information content (AvgIpc) is 3.24. The number of hydrogen-bond acceptors (Lipinski definition) is 4. The van der Waals surface area contributed by atoms with Crippen LogP contribution in [0.25, 0.3) is 11.8 Å². The van der Waals surface area contributed by atoms with Gasteiger partial charge >= 0.3 is 6.18 Å². The molecule has 1 N–H and O–H groups in total. The third-order valence-electron chi connectivity index (χ3n) is 6.69. The highest BCUT2D eigenvalue weighted by Gasteiger charge is 2.46. The van der Waals surface area contributed by atoms with E-state index < -0.39 is 32.1 Å². The number of aliphatic hydroxyl groups is 1. The van der Waals surface area contributed by atoms with E-state index in [4.69, 9.17) is 0 Å². The topological polar surface area (TPSA) is 75.4 Å². The number of halogens is 4. The van der Waals surface area contributed by atoms with Crippen LogP contribution in [0.2, 0.25) is 0 Å². The van der Waals surface area contributed by atoms with Crippen LogP contribution in [-0.4, -0.2) is 47.3 Å². The minimum Gasteiger partial charge on any atom is -0.395 e. The summed E-state index contributed by atoms with van der Waals surface area (Å²) in [7, 11) is -4.22. The fraction of sp³-hybridized carbons (Fsp3) is 0.292. The van der Waals surface area contributed by atoms with Gasteiger partial charge in [-0.25, -0.2) is 17.5 Å². The first kappa shape index (κ1) is 23.7. The Morgan fingerprint density at radius 3 is 2.54 bits per heavy atom. The van der Waals surface area contributed by atoms with Gasteiger partial charge in [0.1, 0.15) is 5.82 Å². The predicted octanol–water partition coefficient (Wildman–Crippen LogP) is 4.04. The lowest BCUT2D eigenvalue weighted by Gasteiger charge is -2.45. The molecule has 0 saturated carbocycles. The summed E-state index contributed by atoms with van der Waals surface area (Å²) in [6.45, 7) is -0.351. The van der Waals surface area contributed by atoms with Crippen molar-refractivity contribution in [3.63, 3.8) is 0 Å². The van der Waals surface area contributed by atoms with E-state index in [1.165, 1.54) is 12.1 Å². The van der Waals surface area contributed by atoms with Gasteiger partial charge in [0.15, 0.2) is 0 Å². The smallest absolute Gasteiger partial charge is 0.395 e. The maximum Gasteiger partial charge on any atom is 0.416 e. The highest BCUT2D eigenvalue weighted by atomic mass is 32.2. The van der Waals surface area contributed by atoms with E-state index in [0.29, 0.717) is 24.6 Å². The van der Waals surface area contributed by atoms with Crippen LogP contribution in [0, 0.1) is 11.2 Å². The molecule has 2 heterocycles. The Morgan fingerprint density at radius 2 is 1.86 bits per heavy atom. The summed E-state index contributed by atoms with van der Waals surface area (Å²) in [6.07, 6.45) is -0.559. The molecule has 0 radical (unpaired) electrons. The largest absolute Gasteiger partial charge is 0.416 e. The van der Waals surface area contributed by atoms with Crippen LogP contribution in [0.5, 0.6) is 0 Å². The summed E-state index contributed by atoms with van der Waals surface area (Å²) in [4.78, 5) is -0.437. The lowest BCUT2D eigenvalue weighted by molar-refractivity contribution is -0.137. The van der Waals surface area contributed by atoms with Crippen molar-refractivity contribution in [3.8, 4) is 5.69 Å². The Hall–Kier alpha value is -3.02. The molecule has 1 atom stereocenters. The summed E-state index contributed by atoms with van der Waals surface area (Å²) in [5.41, 5.74) is 1.09. The molecule has 0 amide bonds. The van der Waals surface area contributed by atoms with Gasteiger partial charge < -0.3 is 5.11 Å². The number of alkyl halides is 3. The van der Waals surface area contributed by atoms with Crippen LogP contribution < -0.4 is 0 Å². The number of aliphatic hydroxyl groups excluding tert-OH is 1. The zero-order valence-corrected chi connectivity index (χ0v) is 19.2.